The van der Waals surface area contributed by atoms with Gasteiger partial charge in [-0.25, -0.2) is 0 Å². The molecule has 0 aromatic heterocycles. The van der Waals surface area contributed by atoms with Crippen molar-refractivity contribution in [2.45, 2.75) is 24.9 Å². The Kier molecular flexibility index (Phi) is 10.3. The van der Waals surface area contributed by atoms with E-state index in [-0.39, 0.29) is 0 Å². The summed E-state index contributed by atoms with van der Waals surface area (Å²) in [7, 11) is 5.23. The van der Waals surface area contributed by atoms with Crippen LogP contribution in [0.2, 0.25) is 5.02 Å². The Morgan fingerprint density at radius 3 is 2.47 bits per heavy atom. The van der Waals surface area contributed by atoms with Crippen LogP contribution in [-0.4, -0.2) is 61.4 Å². The fraction of sp³-hybridized carbons (Fsp3) is 0.500. The fourth-order valence-electron chi connectivity index (χ4n) is 3.82. The van der Waals surface area contributed by atoms with Crippen LogP contribution in [0.1, 0.15) is 24.0 Å². The van der Waals surface area contributed by atoms with E-state index in [9.17, 15) is 5.11 Å². The number of methoxy groups -OCH3 is 1. The van der Waals surface area contributed by atoms with Crippen LogP contribution in [0.5, 0.6) is 11.5 Å². The van der Waals surface area contributed by atoms with Gasteiger partial charge in [0.05, 0.1) is 19.3 Å². The number of ether oxygens (including phenoxy) is 2. The molecule has 0 atom stereocenters. The monoisotopic (exact) mass is 496 g/mol. The normalized spacial score (nSPS) is 16.1. The van der Waals surface area contributed by atoms with Gasteiger partial charge < -0.3 is 25.2 Å². The molecule has 0 spiro atoms. The Bertz CT molecular complexity index is 830. The molecule has 3 N–H and O–H groups in total. The molecule has 0 radical (unpaired) electrons. The van der Waals surface area contributed by atoms with Gasteiger partial charge in [-0.15, -0.1) is 0 Å². The second-order valence-electron chi connectivity index (χ2n) is 7.90. The van der Waals surface area contributed by atoms with E-state index in [1.54, 1.807) is 28.7 Å². The van der Waals surface area contributed by atoms with Crippen LogP contribution < -0.4 is 15.2 Å². The first-order valence-electron chi connectivity index (χ1n) is 11.0. The molecule has 1 aliphatic heterocycles. The first kappa shape index (κ1) is 25.5. The van der Waals surface area contributed by atoms with Crippen molar-refractivity contribution in [2.75, 3.05) is 51.4 Å². The highest BCUT2D eigenvalue weighted by Gasteiger charge is 2.33. The van der Waals surface area contributed by atoms with Crippen molar-refractivity contribution in [3.05, 3.63) is 58.6 Å². The lowest BCUT2D eigenvalue weighted by molar-refractivity contribution is -0.0255. The van der Waals surface area contributed by atoms with Gasteiger partial charge >= 0.3 is 0 Å². The minimum absolute atomic E-state index is 0.641. The molecule has 1 heterocycles. The number of halogens is 1. The Hall–Kier alpha value is -1.09. The molecule has 0 unspecified atom stereocenters. The molecule has 8 heteroatoms. The van der Waals surface area contributed by atoms with Crippen molar-refractivity contribution >= 4 is 33.2 Å². The Balaban J connectivity index is 1.45. The predicted octanol–water partition coefficient (Wildman–Crippen LogP) is 4.59. The molecular formula is C24H33ClN2O3S2. The van der Waals surface area contributed by atoms with Crippen LogP contribution in [-0.2, 0) is 12.0 Å². The number of likely N-dealkylation sites (tertiary alicyclic amines) is 1. The SMILES string of the molecule is COc1cc(CCN2CCC(O)(c3ccc(Cl)cc3)CC2)ccc1OCCSSCCN. The minimum atomic E-state index is -0.760. The zero-order chi connectivity index (χ0) is 22.8. The van der Waals surface area contributed by atoms with E-state index < -0.39 is 5.60 Å². The Morgan fingerprint density at radius 1 is 1.06 bits per heavy atom. The van der Waals surface area contributed by atoms with E-state index >= 15 is 0 Å². The van der Waals surface area contributed by atoms with E-state index in [0.717, 1.165) is 67.5 Å². The summed E-state index contributed by atoms with van der Waals surface area (Å²) >= 11 is 5.99. The van der Waals surface area contributed by atoms with Crippen molar-refractivity contribution in [1.82, 2.24) is 4.90 Å². The highest BCUT2D eigenvalue weighted by Crippen LogP contribution is 2.34. The first-order valence-corrected chi connectivity index (χ1v) is 13.9. The van der Waals surface area contributed by atoms with Gasteiger partial charge in [0.25, 0.3) is 0 Å². The van der Waals surface area contributed by atoms with E-state index in [1.807, 2.05) is 30.3 Å². The number of aliphatic hydroxyl groups is 1. The molecule has 2 aromatic rings. The van der Waals surface area contributed by atoms with Crippen LogP contribution in [0.4, 0.5) is 0 Å². The quantitative estimate of drug-likeness (QED) is 0.329. The molecular weight excluding hydrogens is 464 g/mol. The summed E-state index contributed by atoms with van der Waals surface area (Å²) in [5.74, 6) is 3.43. The average Bonchev–Trinajstić information content (AvgIpc) is 2.81. The third-order valence-electron chi connectivity index (χ3n) is 5.72. The second-order valence-corrected chi connectivity index (χ2v) is 11.0. The van der Waals surface area contributed by atoms with E-state index in [4.69, 9.17) is 26.8 Å². The average molecular weight is 497 g/mol. The zero-order valence-corrected chi connectivity index (χ0v) is 21.0. The molecule has 32 heavy (non-hydrogen) atoms. The smallest absolute Gasteiger partial charge is 0.161 e. The van der Waals surface area contributed by atoms with Gasteiger partial charge in [0.15, 0.2) is 11.5 Å². The van der Waals surface area contributed by atoms with Crippen molar-refractivity contribution < 1.29 is 14.6 Å². The number of hydrogen-bond acceptors (Lipinski definition) is 7. The van der Waals surface area contributed by atoms with Crippen LogP contribution in [0.3, 0.4) is 0 Å². The van der Waals surface area contributed by atoms with Gasteiger partial charge in [-0.2, -0.15) is 0 Å². The zero-order valence-electron chi connectivity index (χ0n) is 18.6. The second kappa shape index (κ2) is 13.0. The van der Waals surface area contributed by atoms with Crippen molar-refractivity contribution in [3.8, 4) is 11.5 Å². The molecule has 0 aliphatic carbocycles. The van der Waals surface area contributed by atoms with Gasteiger partial charge in [-0.3, -0.25) is 0 Å². The molecule has 176 valence electrons. The minimum Gasteiger partial charge on any atom is -0.493 e. The molecule has 3 rings (SSSR count). The maximum absolute atomic E-state index is 11.1. The Morgan fingerprint density at radius 2 is 1.78 bits per heavy atom. The van der Waals surface area contributed by atoms with Crippen molar-refractivity contribution in [1.29, 1.82) is 0 Å². The largest absolute Gasteiger partial charge is 0.493 e. The number of nitrogens with two attached hydrogens (primary N) is 1. The van der Waals surface area contributed by atoms with Crippen LogP contribution >= 0.6 is 33.2 Å². The molecule has 1 saturated heterocycles. The first-order chi connectivity index (χ1) is 15.5. The third-order valence-corrected chi connectivity index (χ3v) is 8.37. The summed E-state index contributed by atoms with van der Waals surface area (Å²) in [6.45, 7) is 4.04. The number of nitrogens with zero attached hydrogens (tertiary/aromatic N) is 1. The predicted molar refractivity (Wildman–Crippen MR) is 137 cm³/mol. The van der Waals surface area contributed by atoms with E-state index in [0.29, 0.717) is 18.2 Å². The van der Waals surface area contributed by atoms with Crippen molar-refractivity contribution in [2.24, 2.45) is 5.73 Å². The molecule has 0 saturated carbocycles. The van der Waals surface area contributed by atoms with Gasteiger partial charge in [-0.05, 0) is 54.7 Å². The molecule has 5 nitrogen and oxygen atoms in total. The topological polar surface area (TPSA) is 68.0 Å². The van der Waals surface area contributed by atoms with Crippen molar-refractivity contribution in [3.63, 3.8) is 0 Å². The molecule has 2 aromatic carbocycles. The molecule has 1 fully saturated rings. The molecule has 0 amide bonds. The summed E-state index contributed by atoms with van der Waals surface area (Å²) in [6.07, 6.45) is 2.39. The summed E-state index contributed by atoms with van der Waals surface area (Å²) in [4.78, 5) is 2.41. The van der Waals surface area contributed by atoms with Gasteiger partial charge in [0.2, 0.25) is 0 Å². The lowest BCUT2D eigenvalue weighted by Crippen LogP contribution is -2.43. The lowest BCUT2D eigenvalue weighted by Gasteiger charge is -2.38. The lowest BCUT2D eigenvalue weighted by atomic mass is 9.84. The number of hydrogen-bond donors (Lipinski definition) is 2. The number of piperidine rings is 1. The summed E-state index contributed by atoms with van der Waals surface area (Å²) in [5, 5.41) is 11.8. The standard InChI is InChI=1S/C24H33ClN2O3S2/c1-29-23-18-19(2-7-22(23)30-15-17-32-31-16-11-26)8-12-27-13-9-24(28,10-14-27)20-3-5-21(25)6-4-20/h2-7,18,28H,8-17,26H2,1H3. The van der Waals surface area contributed by atoms with Crippen LogP contribution in [0, 0.1) is 0 Å². The summed E-state index contributed by atoms with van der Waals surface area (Å²) in [6, 6.07) is 13.8. The highest BCUT2D eigenvalue weighted by molar-refractivity contribution is 8.76. The molecule has 0 bridgehead atoms. The Labute approximate surface area is 204 Å². The van der Waals surface area contributed by atoms with Gasteiger partial charge in [-0.1, -0.05) is 51.4 Å². The van der Waals surface area contributed by atoms with E-state index in [1.165, 1.54) is 5.56 Å². The third kappa shape index (κ3) is 7.47. The summed E-state index contributed by atoms with van der Waals surface area (Å²) < 4.78 is 11.4. The summed E-state index contributed by atoms with van der Waals surface area (Å²) in [5.41, 5.74) is 6.92. The maximum atomic E-state index is 11.1. The van der Waals surface area contributed by atoms with Gasteiger partial charge in [0, 0.05) is 42.7 Å². The maximum Gasteiger partial charge on any atom is 0.161 e. The van der Waals surface area contributed by atoms with E-state index in [2.05, 4.69) is 17.0 Å². The molecule has 1 aliphatic rings. The highest BCUT2D eigenvalue weighted by atomic mass is 35.5. The van der Waals surface area contributed by atoms with Crippen LogP contribution in [0.25, 0.3) is 0 Å². The van der Waals surface area contributed by atoms with Crippen LogP contribution in [0.15, 0.2) is 42.5 Å². The van der Waals surface area contributed by atoms with Gasteiger partial charge in [0.1, 0.15) is 0 Å². The fourth-order valence-corrected chi connectivity index (χ4v) is 5.63. The number of rotatable bonds is 12. The number of benzene rings is 2.